The zero-order valence-corrected chi connectivity index (χ0v) is 22.5. The molecule has 0 aliphatic rings. The van der Waals surface area contributed by atoms with Crippen LogP contribution in [0.4, 0.5) is 5.13 Å². The highest BCUT2D eigenvalue weighted by Crippen LogP contribution is 2.30. The summed E-state index contributed by atoms with van der Waals surface area (Å²) in [6.07, 6.45) is 2.11. The van der Waals surface area contributed by atoms with Crippen LogP contribution in [0.3, 0.4) is 0 Å². The van der Waals surface area contributed by atoms with Crippen LogP contribution in [-0.2, 0) is 11.2 Å². The average Bonchev–Trinajstić information content (AvgIpc) is 3.38. The summed E-state index contributed by atoms with van der Waals surface area (Å²) in [4.78, 5) is 12.8. The molecule has 0 bridgehead atoms. The van der Waals surface area contributed by atoms with Crippen LogP contribution in [-0.4, -0.2) is 35.9 Å². The number of nitrogens with zero attached hydrogens (tertiary/aromatic N) is 3. The highest BCUT2D eigenvalue weighted by molar-refractivity contribution is 7.15. The number of aryl methyl sites for hydroxylation is 1. The molecule has 8 nitrogen and oxygen atoms in total. The van der Waals surface area contributed by atoms with Gasteiger partial charge in [-0.2, -0.15) is 5.26 Å². The lowest BCUT2D eigenvalue weighted by atomic mass is 10.1. The summed E-state index contributed by atoms with van der Waals surface area (Å²) in [6.45, 7) is 5.01. The van der Waals surface area contributed by atoms with Gasteiger partial charge in [0.05, 0.1) is 6.61 Å². The van der Waals surface area contributed by atoms with Gasteiger partial charge in [0.2, 0.25) is 5.13 Å². The lowest BCUT2D eigenvalue weighted by Gasteiger charge is -2.13. The average molecular weight is 541 g/mol. The van der Waals surface area contributed by atoms with E-state index in [2.05, 4.69) is 15.5 Å². The topological polar surface area (TPSA) is 106 Å². The Labute approximate surface area is 231 Å². The van der Waals surface area contributed by atoms with Crippen LogP contribution < -0.4 is 19.5 Å². The largest absolute Gasteiger partial charge is 0.490 e. The van der Waals surface area contributed by atoms with Gasteiger partial charge in [-0.05, 0) is 55.3 Å². The minimum absolute atomic E-state index is 0.0718. The quantitative estimate of drug-likeness (QED) is 0.137. The second-order valence-electron chi connectivity index (χ2n) is 8.44. The van der Waals surface area contributed by atoms with Crippen molar-refractivity contribution in [2.75, 3.05) is 25.1 Å². The van der Waals surface area contributed by atoms with Crippen molar-refractivity contribution in [1.29, 1.82) is 5.26 Å². The number of hydrogen-bond acceptors (Lipinski definition) is 8. The normalized spacial score (nSPS) is 10.9. The van der Waals surface area contributed by atoms with Gasteiger partial charge in [0.1, 0.15) is 35.6 Å². The maximum Gasteiger partial charge on any atom is 0.268 e. The van der Waals surface area contributed by atoms with Crippen LogP contribution in [0.25, 0.3) is 6.08 Å². The van der Waals surface area contributed by atoms with Crippen LogP contribution in [0.15, 0.2) is 78.4 Å². The van der Waals surface area contributed by atoms with Gasteiger partial charge in [0.15, 0.2) is 11.5 Å². The van der Waals surface area contributed by atoms with Crippen molar-refractivity contribution in [2.45, 2.75) is 20.3 Å². The van der Waals surface area contributed by atoms with Gasteiger partial charge < -0.3 is 14.2 Å². The van der Waals surface area contributed by atoms with Crippen LogP contribution in [0.5, 0.6) is 17.2 Å². The first-order valence-corrected chi connectivity index (χ1v) is 13.2. The fourth-order valence-corrected chi connectivity index (χ4v) is 4.34. The van der Waals surface area contributed by atoms with E-state index in [0.717, 1.165) is 16.3 Å². The number of benzene rings is 3. The van der Waals surface area contributed by atoms with Crippen molar-refractivity contribution in [1.82, 2.24) is 10.2 Å². The van der Waals surface area contributed by atoms with Gasteiger partial charge in [0, 0.05) is 6.42 Å². The number of hydrogen-bond donors (Lipinski definition) is 1. The maximum atomic E-state index is 12.8. The molecule has 0 spiro atoms. The number of carbonyl (C=O) groups is 1. The zero-order valence-electron chi connectivity index (χ0n) is 21.7. The Morgan fingerprint density at radius 3 is 2.49 bits per heavy atom. The molecule has 3 aromatic carbocycles. The summed E-state index contributed by atoms with van der Waals surface area (Å²) in [5.41, 5.74) is 2.81. The van der Waals surface area contributed by atoms with E-state index in [1.165, 1.54) is 23.0 Å². The highest BCUT2D eigenvalue weighted by Gasteiger charge is 2.14. The Kier molecular flexibility index (Phi) is 9.64. The number of aromatic nitrogens is 2. The molecule has 0 saturated carbocycles. The molecule has 1 N–H and O–H groups in total. The van der Waals surface area contributed by atoms with Gasteiger partial charge in [-0.1, -0.05) is 65.4 Å². The van der Waals surface area contributed by atoms with Crippen LogP contribution >= 0.6 is 11.3 Å². The van der Waals surface area contributed by atoms with E-state index < -0.39 is 5.91 Å². The van der Waals surface area contributed by atoms with Crippen molar-refractivity contribution >= 4 is 28.5 Å². The summed E-state index contributed by atoms with van der Waals surface area (Å²) >= 11 is 1.27. The Morgan fingerprint density at radius 1 is 0.974 bits per heavy atom. The molecule has 0 aliphatic carbocycles. The van der Waals surface area contributed by atoms with E-state index >= 15 is 0 Å². The predicted molar refractivity (Wildman–Crippen MR) is 151 cm³/mol. The standard InChI is InChI=1S/C30H28N4O4S/c1-3-36-27-18-23(11-14-26(27)38-16-15-37-25-12-9-21(2)10-13-25)17-24(20-31)29(35)32-30-34-33-28(39-30)19-22-7-5-4-6-8-22/h4-14,17-18H,3,15-16,19H2,1-2H3,(H,32,34,35)/b24-17-. The van der Waals surface area contributed by atoms with Gasteiger partial charge in [0.25, 0.3) is 5.91 Å². The minimum atomic E-state index is -0.563. The molecule has 0 atom stereocenters. The first kappa shape index (κ1) is 27.4. The van der Waals surface area contributed by atoms with Gasteiger partial charge in [-0.25, -0.2) is 0 Å². The van der Waals surface area contributed by atoms with E-state index in [1.807, 2.05) is 74.5 Å². The Hall–Kier alpha value is -4.68. The number of carbonyl (C=O) groups excluding carboxylic acids is 1. The maximum absolute atomic E-state index is 12.8. The van der Waals surface area contributed by atoms with E-state index in [-0.39, 0.29) is 5.57 Å². The third kappa shape index (κ3) is 8.15. The molecular formula is C30H28N4O4S. The first-order chi connectivity index (χ1) is 19.0. The molecule has 39 heavy (non-hydrogen) atoms. The molecule has 0 saturated heterocycles. The second kappa shape index (κ2) is 13.7. The monoisotopic (exact) mass is 540 g/mol. The molecule has 198 valence electrons. The van der Waals surface area contributed by atoms with E-state index in [1.54, 1.807) is 18.2 Å². The Bertz CT molecular complexity index is 1460. The summed E-state index contributed by atoms with van der Waals surface area (Å²) < 4.78 is 17.3. The van der Waals surface area contributed by atoms with Crippen LogP contribution in [0.2, 0.25) is 0 Å². The Morgan fingerprint density at radius 2 is 1.74 bits per heavy atom. The molecule has 4 aromatic rings. The van der Waals surface area contributed by atoms with Crippen molar-refractivity contribution in [3.63, 3.8) is 0 Å². The zero-order chi connectivity index (χ0) is 27.5. The summed E-state index contributed by atoms with van der Waals surface area (Å²) in [5, 5.41) is 21.6. The van der Waals surface area contributed by atoms with Crippen LogP contribution in [0, 0.1) is 18.3 Å². The van der Waals surface area contributed by atoms with Crippen molar-refractivity contribution in [3.8, 4) is 23.3 Å². The number of nitriles is 1. The number of rotatable bonds is 12. The fourth-order valence-electron chi connectivity index (χ4n) is 3.57. The van der Waals surface area contributed by atoms with E-state index in [9.17, 15) is 10.1 Å². The minimum Gasteiger partial charge on any atom is -0.490 e. The molecule has 0 aliphatic heterocycles. The number of nitrogens with one attached hydrogen (secondary N) is 1. The summed E-state index contributed by atoms with van der Waals surface area (Å²) in [5.74, 6) is 1.27. The molecule has 1 aromatic heterocycles. The van der Waals surface area contributed by atoms with Gasteiger partial charge in [-0.15, -0.1) is 10.2 Å². The molecule has 0 unspecified atom stereocenters. The first-order valence-electron chi connectivity index (χ1n) is 12.4. The smallest absolute Gasteiger partial charge is 0.268 e. The number of ether oxygens (including phenoxy) is 3. The van der Waals surface area contributed by atoms with Crippen LogP contribution in [0.1, 0.15) is 28.6 Å². The second-order valence-corrected chi connectivity index (χ2v) is 9.50. The predicted octanol–water partition coefficient (Wildman–Crippen LogP) is 5.84. The van der Waals surface area contributed by atoms with E-state index in [0.29, 0.717) is 48.4 Å². The van der Waals surface area contributed by atoms with Crippen molar-refractivity contribution in [2.24, 2.45) is 0 Å². The Balaban J connectivity index is 1.37. The fraction of sp³-hybridized carbons (Fsp3) is 0.200. The summed E-state index contributed by atoms with van der Waals surface area (Å²) in [7, 11) is 0. The highest BCUT2D eigenvalue weighted by atomic mass is 32.1. The molecule has 1 heterocycles. The van der Waals surface area contributed by atoms with Crippen molar-refractivity contribution < 1.29 is 19.0 Å². The molecule has 1 amide bonds. The van der Waals surface area contributed by atoms with E-state index in [4.69, 9.17) is 14.2 Å². The van der Waals surface area contributed by atoms with Gasteiger partial charge in [-0.3, -0.25) is 10.1 Å². The van der Waals surface area contributed by atoms with Crippen molar-refractivity contribution in [3.05, 3.63) is 100 Å². The molecular weight excluding hydrogens is 512 g/mol. The molecule has 0 radical (unpaired) electrons. The third-order valence-electron chi connectivity index (χ3n) is 5.46. The van der Waals surface area contributed by atoms with Gasteiger partial charge >= 0.3 is 0 Å². The SMILES string of the molecule is CCOc1cc(/C=C(/C#N)C(=O)Nc2nnc(Cc3ccccc3)s2)ccc1OCCOc1ccc(C)cc1. The third-order valence-corrected chi connectivity index (χ3v) is 6.30. The molecule has 4 rings (SSSR count). The number of amides is 1. The summed E-state index contributed by atoms with van der Waals surface area (Å²) in [6, 6.07) is 24.9. The lowest BCUT2D eigenvalue weighted by molar-refractivity contribution is -0.112. The number of anilines is 1. The molecule has 9 heteroatoms. The molecule has 0 fully saturated rings. The lowest BCUT2D eigenvalue weighted by Crippen LogP contribution is -2.13.